The second kappa shape index (κ2) is 6.59. The normalized spacial score (nSPS) is 10.3. The van der Waals surface area contributed by atoms with Crippen LogP contribution in [0.2, 0.25) is 5.15 Å². The van der Waals surface area contributed by atoms with Gasteiger partial charge in [-0.15, -0.1) is 0 Å². The minimum Gasteiger partial charge on any atom is -0.494 e. The first kappa shape index (κ1) is 14.6. The molecule has 3 nitrogen and oxygen atoms in total. The van der Waals surface area contributed by atoms with E-state index in [2.05, 4.69) is 42.2 Å². The van der Waals surface area contributed by atoms with Gasteiger partial charge < -0.3 is 10.1 Å². The number of halogens is 3. The molecule has 0 atom stereocenters. The molecule has 0 radical (unpaired) electrons. The lowest BCUT2D eigenvalue weighted by molar-refractivity contribution is 0.409. The Kier molecular flexibility index (Phi) is 5.07. The van der Waals surface area contributed by atoms with Crippen molar-refractivity contribution in [2.24, 2.45) is 0 Å². The van der Waals surface area contributed by atoms with Crippen molar-refractivity contribution in [3.63, 3.8) is 0 Å². The van der Waals surface area contributed by atoms with E-state index < -0.39 is 0 Å². The third kappa shape index (κ3) is 3.84. The minimum atomic E-state index is 0.474. The Labute approximate surface area is 133 Å². The van der Waals surface area contributed by atoms with Crippen LogP contribution in [-0.4, -0.2) is 12.1 Å². The van der Waals surface area contributed by atoms with Crippen LogP contribution in [-0.2, 0) is 6.54 Å². The van der Waals surface area contributed by atoms with Crippen molar-refractivity contribution in [1.82, 2.24) is 4.98 Å². The highest BCUT2D eigenvalue weighted by atomic mass is 79.9. The van der Waals surface area contributed by atoms with E-state index in [0.29, 0.717) is 11.7 Å². The van der Waals surface area contributed by atoms with Crippen LogP contribution in [0, 0.1) is 0 Å². The van der Waals surface area contributed by atoms with E-state index in [1.165, 1.54) is 0 Å². The van der Waals surface area contributed by atoms with Gasteiger partial charge in [-0.2, -0.15) is 0 Å². The number of benzene rings is 1. The Morgan fingerprint density at radius 2 is 1.95 bits per heavy atom. The summed E-state index contributed by atoms with van der Waals surface area (Å²) in [7, 11) is 1.64. The zero-order chi connectivity index (χ0) is 13.8. The summed E-state index contributed by atoms with van der Waals surface area (Å²) in [5.74, 6) is 0.788. The molecule has 1 aromatic carbocycles. The van der Waals surface area contributed by atoms with Gasteiger partial charge in [0.25, 0.3) is 0 Å². The topological polar surface area (TPSA) is 34.1 Å². The average molecular weight is 407 g/mol. The molecular formula is C13H11Br2ClN2O. The molecule has 0 aliphatic rings. The van der Waals surface area contributed by atoms with Gasteiger partial charge in [0.1, 0.15) is 10.9 Å². The molecule has 2 aromatic rings. The zero-order valence-electron chi connectivity index (χ0n) is 10.1. The van der Waals surface area contributed by atoms with Crippen molar-refractivity contribution in [1.29, 1.82) is 0 Å². The van der Waals surface area contributed by atoms with Gasteiger partial charge in [-0.25, -0.2) is 4.98 Å². The molecule has 1 aromatic heterocycles. The summed E-state index contributed by atoms with van der Waals surface area (Å²) < 4.78 is 7.09. The minimum absolute atomic E-state index is 0.474. The maximum absolute atomic E-state index is 5.83. The highest BCUT2D eigenvalue weighted by molar-refractivity contribution is 9.11. The van der Waals surface area contributed by atoms with Gasteiger partial charge in [0.2, 0.25) is 0 Å². The number of aromatic nitrogens is 1. The molecule has 0 spiro atoms. The molecule has 0 amide bonds. The van der Waals surface area contributed by atoms with E-state index in [9.17, 15) is 0 Å². The van der Waals surface area contributed by atoms with Crippen molar-refractivity contribution in [2.45, 2.75) is 6.54 Å². The Balaban J connectivity index is 2.12. The lowest BCUT2D eigenvalue weighted by Gasteiger charge is -2.11. The number of rotatable bonds is 4. The fraction of sp³-hybridized carbons (Fsp3) is 0.154. The summed E-state index contributed by atoms with van der Waals surface area (Å²) in [5, 5.41) is 3.76. The molecule has 0 aliphatic carbocycles. The van der Waals surface area contributed by atoms with E-state index in [4.69, 9.17) is 16.3 Å². The number of hydrogen-bond donors (Lipinski definition) is 1. The summed E-state index contributed by atoms with van der Waals surface area (Å²) in [6.07, 6.45) is 1.67. The van der Waals surface area contributed by atoms with Gasteiger partial charge in [-0.1, -0.05) is 11.6 Å². The van der Waals surface area contributed by atoms with Gasteiger partial charge in [0, 0.05) is 18.4 Å². The number of hydrogen-bond acceptors (Lipinski definition) is 3. The predicted octanol–water partition coefficient (Wildman–Crippen LogP) is 4.88. The van der Waals surface area contributed by atoms with Gasteiger partial charge in [-0.3, -0.25) is 0 Å². The summed E-state index contributed by atoms with van der Waals surface area (Å²) in [4.78, 5) is 3.94. The number of nitrogens with zero attached hydrogens (tertiary/aromatic N) is 1. The predicted molar refractivity (Wildman–Crippen MR) is 85.0 cm³/mol. The maximum atomic E-state index is 5.83. The Hall–Kier alpha value is -0.780. The number of nitrogens with one attached hydrogen (secondary N) is 1. The van der Waals surface area contributed by atoms with Crippen LogP contribution in [0.15, 0.2) is 39.4 Å². The number of methoxy groups -OCH3 is 1. The molecule has 1 N–H and O–H groups in total. The van der Waals surface area contributed by atoms with Crippen LogP contribution in [0.25, 0.3) is 0 Å². The van der Waals surface area contributed by atoms with Crippen LogP contribution in [0.5, 0.6) is 5.75 Å². The van der Waals surface area contributed by atoms with Gasteiger partial charge >= 0.3 is 0 Å². The lowest BCUT2D eigenvalue weighted by atomic mass is 10.2. The fourth-order valence-electron chi connectivity index (χ4n) is 1.63. The van der Waals surface area contributed by atoms with Crippen molar-refractivity contribution in [3.05, 3.63) is 50.1 Å². The monoisotopic (exact) mass is 404 g/mol. The molecule has 0 unspecified atom stereocenters. The number of anilines is 1. The van der Waals surface area contributed by atoms with Crippen LogP contribution in [0.1, 0.15) is 5.56 Å². The Morgan fingerprint density at radius 3 is 2.53 bits per heavy atom. The molecular weight excluding hydrogens is 395 g/mol. The SMILES string of the molecule is COc1c(Br)cc(CNc2ccnc(Cl)c2)cc1Br. The lowest BCUT2D eigenvalue weighted by Crippen LogP contribution is -2.00. The molecule has 0 saturated heterocycles. The third-order valence-electron chi connectivity index (χ3n) is 2.49. The Bertz CT molecular complexity index is 570. The fourth-order valence-corrected chi connectivity index (χ4v) is 3.40. The third-order valence-corrected chi connectivity index (χ3v) is 3.87. The summed E-state index contributed by atoms with van der Waals surface area (Å²) in [6.45, 7) is 0.682. The largest absolute Gasteiger partial charge is 0.494 e. The first-order chi connectivity index (χ1) is 9.10. The molecule has 0 fully saturated rings. The highest BCUT2D eigenvalue weighted by Gasteiger charge is 2.07. The first-order valence-corrected chi connectivity index (χ1v) is 7.44. The van der Waals surface area contributed by atoms with E-state index in [1.807, 2.05) is 18.2 Å². The van der Waals surface area contributed by atoms with Crippen molar-refractivity contribution < 1.29 is 4.74 Å². The van der Waals surface area contributed by atoms with Gasteiger partial charge in [0.05, 0.1) is 16.1 Å². The second-order valence-electron chi connectivity index (χ2n) is 3.81. The Morgan fingerprint density at radius 1 is 1.26 bits per heavy atom. The van der Waals surface area contributed by atoms with Gasteiger partial charge in [0.15, 0.2) is 0 Å². The highest BCUT2D eigenvalue weighted by Crippen LogP contribution is 2.34. The number of pyridine rings is 1. The standard InChI is InChI=1S/C13H11Br2ClN2O/c1-19-13-10(14)4-8(5-11(13)15)7-18-9-2-3-17-12(16)6-9/h2-6H,7H2,1H3,(H,17,18). The smallest absolute Gasteiger partial charge is 0.147 e. The summed E-state index contributed by atoms with van der Waals surface area (Å²) in [5.41, 5.74) is 2.05. The van der Waals surface area contributed by atoms with Gasteiger partial charge in [-0.05, 0) is 61.7 Å². The van der Waals surface area contributed by atoms with Crippen LogP contribution < -0.4 is 10.1 Å². The molecule has 1 heterocycles. The molecule has 2 rings (SSSR count). The van der Waals surface area contributed by atoms with Crippen LogP contribution in [0.3, 0.4) is 0 Å². The van der Waals surface area contributed by atoms with Crippen molar-refractivity contribution in [2.75, 3.05) is 12.4 Å². The number of ether oxygens (including phenoxy) is 1. The van der Waals surface area contributed by atoms with E-state index in [-0.39, 0.29) is 0 Å². The summed E-state index contributed by atoms with van der Waals surface area (Å²) >= 11 is 12.8. The molecule has 6 heteroatoms. The van der Waals surface area contributed by atoms with Crippen molar-refractivity contribution >= 4 is 49.1 Å². The van der Waals surface area contributed by atoms with E-state index in [1.54, 1.807) is 19.4 Å². The molecule has 0 bridgehead atoms. The van der Waals surface area contributed by atoms with Crippen molar-refractivity contribution in [3.8, 4) is 5.75 Å². The second-order valence-corrected chi connectivity index (χ2v) is 5.91. The summed E-state index contributed by atoms with van der Waals surface area (Å²) in [6, 6.07) is 7.69. The first-order valence-electron chi connectivity index (χ1n) is 5.47. The average Bonchev–Trinajstić information content (AvgIpc) is 2.36. The quantitative estimate of drug-likeness (QED) is 0.735. The van der Waals surface area contributed by atoms with Crippen LogP contribution >= 0.6 is 43.5 Å². The molecule has 19 heavy (non-hydrogen) atoms. The van der Waals surface area contributed by atoms with Crippen LogP contribution in [0.4, 0.5) is 5.69 Å². The molecule has 0 saturated carbocycles. The molecule has 0 aliphatic heterocycles. The zero-order valence-corrected chi connectivity index (χ0v) is 14.0. The van der Waals surface area contributed by atoms with E-state index >= 15 is 0 Å². The molecule has 100 valence electrons. The van der Waals surface area contributed by atoms with E-state index in [0.717, 1.165) is 25.9 Å². The maximum Gasteiger partial charge on any atom is 0.147 e.